The minimum absolute atomic E-state index is 0.401. The van der Waals surface area contributed by atoms with Crippen LogP contribution in [-0.2, 0) is 0 Å². The quantitative estimate of drug-likeness (QED) is 0.923. The molecule has 1 aliphatic heterocycles. The Morgan fingerprint density at radius 1 is 1.33 bits per heavy atom. The Kier molecular flexibility index (Phi) is 3.84. The molecule has 1 aliphatic rings. The summed E-state index contributed by atoms with van der Waals surface area (Å²) in [4.78, 5) is 13.1. The number of piperidine rings is 1. The molecule has 0 spiro atoms. The van der Waals surface area contributed by atoms with Gasteiger partial charge in [0.25, 0.3) is 0 Å². The summed E-state index contributed by atoms with van der Waals surface area (Å²) in [6.07, 6.45) is 1.75. The van der Waals surface area contributed by atoms with Gasteiger partial charge in [-0.05, 0) is 38.1 Å². The molecule has 3 rings (SSSR count). The second-order valence-corrected chi connectivity index (χ2v) is 5.61. The van der Waals surface area contributed by atoms with Crippen LogP contribution in [0, 0.1) is 0 Å². The highest BCUT2D eigenvalue weighted by molar-refractivity contribution is 5.86. The normalized spacial score (nSPS) is 16.1. The molecule has 5 nitrogen and oxygen atoms in total. The van der Waals surface area contributed by atoms with Gasteiger partial charge in [-0.1, -0.05) is 12.1 Å². The van der Waals surface area contributed by atoms with Crippen molar-refractivity contribution < 1.29 is 13.9 Å². The fourth-order valence-electron chi connectivity index (χ4n) is 2.63. The molecule has 0 aliphatic carbocycles. The summed E-state index contributed by atoms with van der Waals surface area (Å²) in [7, 11) is 3.32. The maximum Gasteiger partial charge on any atom is 0.414 e. The first-order chi connectivity index (χ1) is 10.1. The van der Waals surface area contributed by atoms with Gasteiger partial charge in [-0.3, -0.25) is 0 Å². The van der Waals surface area contributed by atoms with Crippen LogP contribution < -0.4 is 10.1 Å². The Balaban J connectivity index is 1.91. The second-order valence-electron chi connectivity index (χ2n) is 5.61. The van der Waals surface area contributed by atoms with Gasteiger partial charge in [-0.15, -0.1) is 0 Å². The fourth-order valence-corrected chi connectivity index (χ4v) is 2.63. The SMILES string of the molecule is CN(C)C(=O)Oc1cccc2cc(C3CCNCC3)oc12. The first-order valence-corrected chi connectivity index (χ1v) is 7.27. The Bertz CT molecular complexity index is 642. The zero-order valence-electron chi connectivity index (χ0n) is 12.4. The number of ether oxygens (including phenoxy) is 1. The van der Waals surface area contributed by atoms with E-state index in [4.69, 9.17) is 9.15 Å². The second kappa shape index (κ2) is 5.77. The first-order valence-electron chi connectivity index (χ1n) is 7.27. The summed E-state index contributed by atoms with van der Waals surface area (Å²) in [5.74, 6) is 1.90. The van der Waals surface area contributed by atoms with Gasteiger partial charge in [0.2, 0.25) is 0 Å². The number of rotatable bonds is 2. The Hall–Kier alpha value is -2.01. The van der Waals surface area contributed by atoms with Gasteiger partial charge in [-0.25, -0.2) is 4.79 Å². The van der Waals surface area contributed by atoms with Crippen molar-refractivity contribution in [2.75, 3.05) is 27.2 Å². The Morgan fingerprint density at radius 3 is 2.81 bits per heavy atom. The minimum Gasteiger partial charge on any atom is -0.457 e. The third-order valence-electron chi connectivity index (χ3n) is 3.83. The summed E-state index contributed by atoms with van der Waals surface area (Å²) in [6.45, 7) is 2.04. The predicted molar refractivity (Wildman–Crippen MR) is 80.8 cm³/mol. The van der Waals surface area contributed by atoms with E-state index in [9.17, 15) is 4.79 Å². The van der Waals surface area contributed by atoms with Crippen LogP contribution in [0.1, 0.15) is 24.5 Å². The summed E-state index contributed by atoms with van der Waals surface area (Å²) in [6, 6.07) is 7.69. The number of para-hydroxylation sites is 1. The third-order valence-corrected chi connectivity index (χ3v) is 3.83. The van der Waals surface area contributed by atoms with Crippen LogP contribution in [0.5, 0.6) is 5.75 Å². The first kappa shape index (κ1) is 13.9. The van der Waals surface area contributed by atoms with E-state index >= 15 is 0 Å². The van der Waals surface area contributed by atoms with Crippen LogP contribution in [0.15, 0.2) is 28.7 Å². The fraction of sp³-hybridized carbons (Fsp3) is 0.438. The number of nitrogens with one attached hydrogen (secondary N) is 1. The maximum absolute atomic E-state index is 11.7. The van der Waals surface area contributed by atoms with Gasteiger partial charge in [-0.2, -0.15) is 0 Å². The predicted octanol–water partition coefficient (Wildman–Crippen LogP) is 2.96. The molecule has 0 radical (unpaired) electrons. The van der Waals surface area contributed by atoms with Crippen molar-refractivity contribution in [3.8, 4) is 5.75 Å². The average molecular weight is 288 g/mol. The lowest BCUT2D eigenvalue weighted by atomic mass is 9.95. The summed E-state index contributed by atoms with van der Waals surface area (Å²) >= 11 is 0. The van der Waals surface area contributed by atoms with Crippen LogP contribution in [0.2, 0.25) is 0 Å². The van der Waals surface area contributed by atoms with E-state index in [1.165, 1.54) is 4.90 Å². The summed E-state index contributed by atoms with van der Waals surface area (Å²) < 4.78 is 11.4. The number of carbonyl (C=O) groups excluding carboxylic acids is 1. The van der Waals surface area contributed by atoms with E-state index in [0.29, 0.717) is 17.3 Å². The van der Waals surface area contributed by atoms with Crippen molar-refractivity contribution in [3.05, 3.63) is 30.0 Å². The van der Waals surface area contributed by atoms with Crippen molar-refractivity contribution in [3.63, 3.8) is 0 Å². The maximum atomic E-state index is 11.7. The van der Waals surface area contributed by atoms with Crippen LogP contribution in [0.25, 0.3) is 11.0 Å². The summed E-state index contributed by atoms with van der Waals surface area (Å²) in [5, 5.41) is 4.33. The van der Waals surface area contributed by atoms with Gasteiger partial charge >= 0.3 is 6.09 Å². The number of hydrogen-bond donors (Lipinski definition) is 1. The molecule has 0 unspecified atom stereocenters. The Morgan fingerprint density at radius 2 is 2.10 bits per heavy atom. The molecule has 1 aromatic heterocycles. The topological polar surface area (TPSA) is 54.7 Å². The molecule has 21 heavy (non-hydrogen) atoms. The molecule has 2 aromatic rings. The minimum atomic E-state index is -0.401. The monoisotopic (exact) mass is 288 g/mol. The van der Waals surface area contributed by atoms with Crippen molar-refractivity contribution in [1.82, 2.24) is 10.2 Å². The number of benzene rings is 1. The Labute approximate surface area is 123 Å². The molecular formula is C16H20N2O3. The van der Waals surface area contributed by atoms with Gasteiger partial charge < -0.3 is 19.4 Å². The third kappa shape index (κ3) is 2.88. The van der Waals surface area contributed by atoms with Crippen LogP contribution >= 0.6 is 0 Å². The molecule has 1 amide bonds. The van der Waals surface area contributed by atoms with E-state index in [2.05, 4.69) is 11.4 Å². The van der Waals surface area contributed by atoms with Gasteiger partial charge in [0.15, 0.2) is 11.3 Å². The highest BCUT2D eigenvalue weighted by Crippen LogP contribution is 2.34. The summed E-state index contributed by atoms with van der Waals surface area (Å²) in [5.41, 5.74) is 0.654. The van der Waals surface area contributed by atoms with E-state index in [1.807, 2.05) is 12.1 Å². The lowest BCUT2D eigenvalue weighted by Crippen LogP contribution is -2.26. The molecule has 1 N–H and O–H groups in total. The number of furan rings is 1. The van der Waals surface area contributed by atoms with E-state index in [0.717, 1.165) is 37.1 Å². The molecule has 2 heterocycles. The van der Waals surface area contributed by atoms with Crippen LogP contribution in [-0.4, -0.2) is 38.2 Å². The highest BCUT2D eigenvalue weighted by atomic mass is 16.6. The van der Waals surface area contributed by atoms with Crippen molar-refractivity contribution >= 4 is 17.1 Å². The molecule has 0 bridgehead atoms. The molecule has 1 saturated heterocycles. The number of hydrogen-bond acceptors (Lipinski definition) is 4. The lowest BCUT2D eigenvalue weighted by molar-refractivity contribution is 0.172. The molecular weight excluding hydrogens is 268 g/mol. The highest BCUT2D eigenvalue weighted by Gasteiger charge is 2.21. The smallest absolute Gasteiger partial charge is 0.414 e. The van der Waals surface area contributed by atoms with Crippen LogP contribution in [0.4, 0.5) is 4.79 Å². The largest absolute Gasteiger partial charge is 0.457 e. The molecule has 1 fully saturated rings. The van der Waals surface area contributed by atoms with Gasteiger partial charge in [0, 0.05) is 25.4 Å². The standard InChI is InChI=1S/C16H20N2O3/c1-18(2)16(19)21-13-5-3-4-12-10-14(20-15(12)13)11-6-8-17-9-7-11/h3-5,10-11,17H,6-9H2,1-2H3. The van der Waals surface area contributed by atoms with Gasteiger partial charge in [0.1, 0.15) is 5.76 Å². The molecule has 0 saturated carbocycles. The molecule has 0 atom stereocenters. The van der Waals surface area contributed by atoms with Crippen molar-refractivity contribution in [2.45, 2.75) is 18.8 Å². The van der Waals surface area contributed by atoms with Gasteiger partial charge in [0.05, 0.1) is 0 Å². The molecule has 1 aromatic carbocycles. The molecule has 5 heteroatoms. The molecule has 112 valence electrons. The zero-order valence-corrected chi connectivity index (χ0v) is 12.4. The van der Waals surface area contributed by atoms with E-state index in [-0.39, 0.29) is 0 Å². The number of nitrogens with zero attached hydrogens (tertiary/aromatic N) is 1. The number of amides is 1. The van der Waals surface area contributed by atoms with E-state index in [1.54, 1.807) is 20.2 Å². The van der Waals surface area contributed by atoms with E-state index < -0.39 is 6.09 Å². The lowest BCUT2D eigenvalue weighted by Gasteiger charge is -2.20. The number of fused-ring (bicyclic) bond motifs is 1. The van der Waals surface area contributed by atoms with Crippen molar-refractivity contribution in [1.29, 1.82) is 0 Å². The van der Waals surface area contributed by atoms with Crippen molar-refractivity contribution in [2.24, 2.45) is 0 Å². The average Bonchev–Trinajstić information content (AvgIpc) is 2.93. The van der Waals surface area contributed by atoms with Crippen LogP contribution in [0.3, 0.4) is 0 Å². The number of carbonyl (C=O) groups is 1. The zero-order chi connectivity index (χ0) is 14.8.